The molecule has 0 spiro atoms. The summed E-state index contributed by atoms with van der Waals surface area (Å²) in [6.45, 7) is 4.28. The van der Waals surface area contributed by atoms with Crippen molar-refractivity contribution in [3.05, 3.63) is 29.3 Å². The Hall–Kier alpha value is -0.940. The van der Waals surface area contributed by atoms with Gasteiger partial charge in [-0.2, -0.15) is 5.26 Å². The molecule has 1 aromatic rings. The Balaban J connectivity index is 3.17. The molecule has 1 rings (SSSR count). The van der Waals surface area contributed by atoms with Crippen molar-refractivity contribution in [1.82, 2.24) is 0 Å². The minimum Gasteiger partial charge on any atom is -0.192 e. The van der Waals surface area contributed by atoms with Crippen molar-refractivity contribution in [2.24, 2.45) is 0 Å². The van der Waals surface area contributed by atoms with E-state index in [2.05, 4.69) is 26.0 Å². The number of nitrogens with zero attached hydrogens (tertiary/aromatic N) is 1. The highest BCUT2D eigenvalue weighted by molar-refractivity contribution is 7.98. The molecule has 0 fully saturated rings. The van der Waals surface area contributed by atoms with Crippen LogP contribution >= 0.6 is 11.8 Å². The highest BCUT2D eigenvalue weighted by atomic mass is 32.2. The molecule has 1 nitrogen and oxygen atoms in total. The van der Waals surface area contributed by atoms with E-state index in [1.54, 1.807) is 11.8 Å². The van der Waals surface area contributed by atoms with Gasteiger partial charge in [0.15, 0.2) is 0 Å². The second kappa shape index (κ2) is 4.34. The predicted octanol–water partition coefficient (Wildman–Crippen LogP) is 3.40. The van der Waals surface area contributed by atoms with Gasteiger partial charge in [0.05, 0.1) is 11.6 Å². The van der Waals surface area contributed by atoms with Crippen LogP contribution in [0.1, 0.15) is 30.9 Å². The summed E-state index contributed by atoms with van der Waals surface area (Å²) in [6.07, 6.45) is 2.03. The number of hydrogen-bond acceptors (Lipinski definition) is 2. The number of hydrogen-bond donors (Lipinski definition) is 0. The molecule has 68 valence electrons. The van der Waals surface area contributed by atoms with Gasteiger partial charge in [-0.3, -0.25) is 0 Å². The molecule has 2 heteroatoms. The maximum atomic E-state index is 8.80. The molecule has 0 aliphatic rings. The Morgan fingerprint density at radius 1 is 1.31 bits per heavy atom. The molecule has 13 heavy (non-hydrogen) atoms. The zero-order chi connectivity index (χ0) is 9.84. The van der Waals surface area contributed by atoms with Gasteiger partial charge < -0.3 is 0 Å². The van der Waals surface area contributed by atoms with E-state index in [9.17, 15) is 0 Å². The van der Waals surface area contributed by atoms with Gasteiger partial charge in [0, 0.05) is 4.90 Å². The monoisotopic (exact) mass is 191 g/mol. The van der Waals surface area contributed by atoms with Crippen molar-refractivity contribution in [1.29, 1.82) is 5.26 Å². The Kier molecular flexibility index (Phi) is 3.39. The summed E-state index contributed by atoms with van der Waals surface area (Å²) >= 11 is 1.68. The molecule has 0 aromatic heterocycles. The fourth-order valence-electron chi connectivity index (χ4n) is 1.14. The fraction of sp³-hybridized carbons (Fsp3) is 0.364. The molecule has 1 aromatic carbocycles. The normalized spacial score (nSPS) is 10.1. The highest BCUT2D eigenvalue weighted by Crippen LogP contribution is 2.23. The molecule has 0 atom stereocenters. The molecule has 0 saturated carbocycles. The SMILES string of the molecule is CSc1cc(C#N)cc(C(C)C)c1. The van der Waals surface area contributed by atoms with Gasteiger partial charge in [0.2, 0.25) is 0 Å². The maximum Gasteiger partial charge on any atom is 0.0992 e. The van der Waals surface area contributed by atoms with Crippen LogP contribution in [-0.2, 0) is 0 Å². The quantitative estimate of drug-likeness (QED) is 0.669. The second-order valence-electron chi connectivity index (χ2n) is 3.26. The average Bonchev–Trinajstić information content (AvgIpc) is 2.16. The first kappa shape index (κ1) is 10.1. The third-order valence-electron chi connectivity index (χ3n) is 1.96. The van der Waals surface area contributed by atoms with Gasteiger partial charge in [-0.1, -0.05) is 13.8 Å². The zero-order valence-electron chi connectivity index (χ0n) is 8.16. The van der Waals surface area contributed by atoms with Crippen molar-refractivity contribution in [2.45, 2.75) is 24.7 Å². The van der Waals surface area contributed by atoms with Crippen LogP contribution in [0.3, 0.4) is 0 Å². The minimum absolute atomic E-state index is 0.485. The summed E-state index contributed by atoms with van der Waals surface area (Å²) in [7, 11) is 0. The van der Waals surface area contributed by atoms with Crippen LogP contribution in [0.4, 0.5) is 0 Å². The van der Waals surface area contributed by atoms with Gasteiger partial charge in [-0.25, -0.2) is 0 Å². The van der Waals surface area contributed by atoms with Crippen LogP contribution in [0, 0.1) is 11.3 Å². The van der Waals surface area contributed by atoms with Gasteiger partial charge in [0.25, 0.3) is 0 Å². The average molecular weight is 191 g/mol. The van der Waals surface area contributed by atoms with Crippen LogP contribution in [0.5, 0.6) is 0 Å². The van der Waals surface area contributed by atoms with Gasteiger partial charge in [0.1, 0.15) is 0 Å². The smallest absolute Gasteiger partial charge is 0.0992 e. The molecule has 0 bridgehead atoms. The summed E-state index contributed by atoms with van der Waals surface area (Å²) in [6, 6.07) is 8.22. The van der Waals surface area contributed by atoms with Crippen molar-refractivity contribution in [3.8, 4) is 6.07 Å². The highest BCUT2D eigenvalue weighted by Gasteiger charge is 2.03. The Bertz CT molecular complexity index is 336. The zero-order valence-corrected chi connectivity index (χ0v) is 8.98. The first-order valence-electron chi connectivity index (χ1n) is 4.26. The molecular weight excluding hydrogens is 178 g/mol. The van der Waals surface area contributed by atoms with E-state index in [4.69, 9.17) is 5.26 Å². The standard InChI is InChI=1S/C11H13NS/c1-8(2)10-4-9(7-12)5-11(6-10)13-3/h4-6,8H,1-3H3. The van der Waals surface area contributed by atoms with Crippen LogP contribution < -0.4 is 0 Å². The first-order chi connectivity index (χ1) is 6.17. The molecule has 0 saturated heterocycles. The van der Waals surface area contributed by atoms with E-state index in [1.807, 2.05) is 18.4 Å². The van der Waals surface area contributed by atoms with Crippen LogP contribution in [0.25, 0.3) is 0 Å². The van der Waals surface area contributed by atoms with Gasteiger partial charge in [-0.05, 0) is 35.9 Å². The third kappa shape index (κ3) is 2.50. The summed E-state index contributed by atoms with van der Waals surface area (Å²) in [4.78, 5) is 1.17. The molecule has 0 radical (unpaired) electrons. The summed E-state index contributed by atoms with van der Waals surface area (Å²) in [5.74, 6) is 0.485. The largest absolute Gasteiger partial charge is 0.192 e. The van der Waals surface area contributed by atoms with Crippen molar-refractivity contribution >= 4 is 11.8 Å². The van der Waals surface area contributed by atoms with E-state index in [1.165, 1.54) is 10.5 Å². The van der Waals surface area contributed by atoms with E-state index in [-0.39, 0.29) is 0 Å². The number of benzene rings is 1. The summed E-state index contributed by atoms with van der Waals surface area (Å²) in [5.41, 5.74) is 2.00. The molecule has 0 heterocycles. The summed E-state index contributed by atoms with van der Waals surface area (Å²) < 4.78 is 0. The van der Waals surface area contributed by atoms with Crippen molar-refractivity contribution in [3.63, 3.8) is 0 Å². The molecule has 0 aliphatic carbocycles. The van der Waals surface area contributed by atoms with E-state index in [0.29, 0.717) is 5.92 Å². The van der Waals surface area contributed by atoms with Gasteiger partial charge in [-0.15, -0.1) is 11.8 Å². The third-order valence-corrected chi connectivity index (χ3v) is 2.67. The lowest BCUT2D eigenvalue weighted by molar-refractivity contribution is 0.861. The lowest BCUT2D eigenvalue weighted by Crippen LogP contribution is -1.89. The molecule has 0 aliphatic heterocycles. The molecule has 0 unspecified atom stereocenters. The van der Waals surface area contributed by atoms with E-state index in [0.717, 1.165) is 5.56 Å². The minimum atomic E-state index is 0.485. The number of thioether (sulfide) groups is 1. The van der Waals surface area contributed by atoms with Crippen molar-refractivity contribution in [2.75, 3.05) is 6.26 Å². The van der Waals surface area contributed by atoms with Crippen molar-refractivity contribution < 1.29 is 0 Å². The topological polar surface area (TPSA) is 23.8 Å². The Morgan fingerprint density at radius 3 is 2.46 bits per heavy atom. The van der Waals surface area contributed by atoms with Crippen LogP contribution in [0.15, 0.2) is 23.1 Å². The summed E-state index contributed by atoms with van der Waals surface area (Å²) in [5, 5.41) is 8.80. The van der Waals surface area contributed by atoms with Crippen LogP contribution in [-0.4, -0.2) is 6.26 Å². The number of rotatable bonds is 2. The lowest BCUT2D eigenvalue weighted by Gasteiger charge is -2.07. The fourth-order valence-corrected chi connectivity index (χ4v) is 1.64. The molecule has 0 amide bonds. The van der Waals surface area contributed by atoms with E-state index < -0.39 is 0 Å². The Morgan fingerprint density at radius 2 is 2.00 bits per heavy atom. The second-order valence-corrected chi connectivity index (χ2v) is 4.14. The maximum absolute atomic E-state index is 8.80. The van der Waals surface area contributed by atoms with E-state index >= 15 is 0 Å². The van der Waals surface area contributed by atoms with Crippen LogP contribution in [0.2, 0.25) is 0 Å². The molecule has 0 N–H and O–H groups in total. The Labute approximate surface area is 83.8 Å². The predicted molar refractivity (Wildman–Crippen MR) is 57.0 cm³/mol. The first-order valence-corrected chi connectivity index (χ1v) is 5.49. The molecular formula is C11H13NS. The lowest BCUT2D eigenvalue weighted by atomic mass is 10.0. The number of nitriles is 1. The van der Waals surface area contributed by atoms with Gasteiger partial charge >= 0.3 is 0 Å².